The zero-order valence-corrected chi connectivity index (χ0v) is 11.8. The number of halogens is 3. The van der Waals surface area contributed by atoms with E-state index in [2.05, 4.69) is 0 Å². The summed E-state index contributed by atoms with van der Waals surface area (Å²) in [6, 6.07) is 3.66. The summed E-state index contributed by atoms with van der Waals surface area (Å²) in [6.07, 6.45) is -4.59. The number of carbonyl (C=O) groups excluding carboxylic acids is 1. The molecule has 0 bridgehead atoms. The topological polar surface area (TPSA) is 52.6 Å². The lowest BCUT2D eigenvalue weighted by Crippen LogP contribution is -2.10. The zero-order valence-electron chi connectivity index (χ0n) is 10.9. The lowest BCUT2D eigenvalue weighted by molar-refractivity contribution is -0.137. The molecule has 0 N–H and O–H groups in total. The first-order valence-corrected chi connectivity index (χ1v) is 7.40. The lowest BCUT2D eigenvalue weighted by Gasteiger charge is -2.16. The molecule has 1 aromatic rings. The molecule has 112 valence electrons. The summed E-state index contributed by atoms with van der Waals surface area (Å²) in [5, 5.41) is 0. The lowest BCUT2D eigenvalue weighted by atomic mass is 10.1. The van der Waals surface area contributed by atoms with Gasteiger partial charge in [0.05, 0.1) is 18.8 Å². The van der Waals surface area contributed by atoms with E-state index >= 15 is 0 Å². The van der Waals surface area contributed by atoms with Gasteiger partial charge >= 0.3 is 13.8 Å². The number of hydrogen-bond acceptors (Lipinski definition) is 4. The zero-order chi connectivity index (χ0) is 15.4. The predicted octanol–water partition coefficient (Wildman–Crippen LogP) is 4.11. The van der Waals surface area contributed by atoms with Gasteiger partial charge in [0.2, 0.25) is 0 Å². The second kappa shape index (κ2) is 6.52. The Kier molecular flexibility index (Phi) is 5.50. The molecule has 0 amide bonds. The van der Waals surface area contributed by atoms with Crippen LogP contribution in [0.4, 0.5) is 13.2 Å². The van der Waals surface area contributed by atoms with Crippen LogP contribution in [0.25, 0.3) is 0 Å². The van der Waals surface area contributed by atoms with Crippen LogP contribution in [-0.4, -0.2) is 18.7 Å². The summed E-state index contributed by atoms with van der Waals surface area (Å²) in [6.45, 7) is 2.90. The second-order valence-electron chi connectivity index (χ2n) is 3.72. The number of carbonyl (C=O) groups is 1. The van der Waals surface area contributed by atoms with Crippen LogP contribution in [0.5, 0.6) is 0 Å². The van der Waals surface area contributed by atoms with Crippen LogP contribution in [0.3, 0.4) is 0 Å². The minimum absolute atomic E-state index is 0.0536. The molecule has 0 radical (unpaired) electrons. The van der Waals surface area contributed by atoms with Crippen LogP contribution in [0.1, 0.15) is 29.8 Å². The molecule has 0 aliphatic heterocycles. The Hall–Kier alpha value is -1.17. The van der Waals surface area contributed by atoms with E-state index in [1.165, 1.54) is 13.8 Å². The third-order valence-corrected chi connectivity index (χ3v) is 4.24. The molecule has 0 fully saturated rings. The van der Waals surface area contributed by atoms with Crippen molar-refractivity contribution < 1.29 is 31.6 Å². The smallest absolute Gasteiger partial charge is 0.303 e. The van der Waals surface area contributed by atoms with E-state index in [9.17, 15) is 22.5 Å². The van der Waals surface area contributed by atoms with Gasteiger partial charge in [0, 0.05) is 5.56 Å². The van der Waals surface area contributed by atoms with Crippen LogP contribution < -0.4 is 0 Å². The van der Waals surface area contributed by atoms with Crippen molar-refractivity contribution in [3.05, 3.63) is 35.4 Å². The van der Waals surface area contributed by atoms with Crippen LogP contribution in [0, 0.1) is 0 Å². The van der Waals surface area contributed by atoms with E-state index in [1.54, 1.807) is 0 Å². The van der Waals surface area contributed by atoms with Crippen molar-refractivity contribution in [3.8, 4) is 0 Å². The summed E-state index contributed by atoms with van der Waals surface area (Å²) in [5.74, 6) is 0. The molecular weight excluding hydrogens is 296 g/mol. The SMILES string of the molecule is CCOP(=O)(OCC)C(=O)c1cccc(C(F)(F)F)c1. The molecule has 1 rings (SSSR count). The molecule has 0 aliphatic rings. The molecule has 0 heterocycles. The maximum Gasteiger partial charge on any atom is 0.416 e. The van der Waals surface area contributed by atoms with Gasteiger partial charge in [-0.25, -0.2) is 0 Å². The average molecular weight is 310 g/mol. The Morgan fingerprint density at radius 3 is 2.20 bits per heavy atom. The van der Waals surface area contributed by atoms with E-state index in [0.29, 0.717) is 6.07 Å². The second-order valence-corrected chi connectivity index (χ2v) is 5.63. The number of hydrogen-bond donors (Lipinski definition) is 0. The van der Waals surface area contributed by atoms with Gasteiger partial charge in [-0.15, -0.1) is 0 Å². The Morgan fingerprint density at radius 1 is 1.20 bits per heavy atom. The van der Waals surface area contributed by atoms with Gasteiger partial charge in [0.1, 0.15) is 0 Å². The molecule has 1 aromatic carbocycles. The van der Waals surface area contributed by atoms with Gasteiger partial charge in [0.25, 0.3) is 5.52 Å². The van der Waals surface area contributed by atoms with Crippen LogP contribution in [-0.2, 0) is 19.8 Å². The molecule has 20 heavy (non-hydrogen) atoms. The van der Waals surface area contributed by atoms with Crippen molar-refractivity contribution in [2.24, 2.45) is 0 Å². The van der Waals surface area contributed by atoms with Crippen LogP contribution in [0.2, 0.25) is 0 Å². The number of benzene rings is 1. The fourth-order valence-electron chi connectivity index (χ4n) is 1.48. The minimum Gasteiger partial charge on any atom is -0.303 e. The van der Waals surface area contributed by atoms with E-state index in [-0.39, 0.29) is 18.8 Å². The third-order valence-electron chi connectivity index (χ3n) is 2.28. The Morgan fingerprint density at radius 2 is 1.75 bits per heavy atom. The fourth-order valence-corrected chi connectivity index (χ4v) is 2.93. The first kappa shape index (κ1) is 16.9. The third kappa shape index (κ3) is 3.91. The number of rotatable bonds is 6. The Balaban J connectivity index is 3.16. The normalized spacial score (nSPS) is 12.4. The summed E-state index contributed by atoms with van der Waals surface area (Å²) in [5.41, 5.74) is -2.43. The number of alkyl halides is 3. The van der Waals surface area contributed by atoms with Gasteiger partial charge < -0.3 is 9.05 Å². The largest absolute Gasteiger partial charge is 0.416 e. The predicted molar refractivity (Wildman–Crippen MR) is 66.6 cm³/mol. The monoisotopic (exact) mass is 310 g/mol. The van der Waals surface area contributed by atoms with Crippen LogP contribution >= 0.6 is 7.60 Å². The molecule has 0 saturated carbocycles. The molecule has 0 unspecified atom stereocenters. The van der Waals surface area contributed by atoms with E-state index in [4.69, 9.17) is 9.05 Å². The highest BCUT2D eigenvalue weighted by Gasteiger charge is 2.37. The van der Waals surface area contributed by atoms with Gasteiger partial charge in [-0.2, -0.15) is 13.2 Å². The highest BCUT2D eigenvalue weighted by molar-refractivity contribution is 7.72. The van der Waals surface area contributed by atoms with Gasteiger partial charge in [-0.1, -0.05) is 12.1 Å². The fraction of sp³-hybridized carbons (Fsp3) is 0.417. The van der Waals surface area contributed by atoms with E-state index in [1.807, 2.05) is 0 Å². The quantitative estimate of drug-likeness (QED) is 0.742. The highest BCUT2D eigenvalue weighted by Crippen LogP contribution is 2.51. The molecule has 4 nitrogen and oxygen atoms in total. The summed E-state index contributed by atoms with van der Waals surface area (Å²) in [7, 11) is -4.11. The Bertz CT molecular complexity index is 518. The molecule has 0 atom stereocenters. The van der Waals surface area contributed by atoms with E-state index < -0.39 is 24.9 Å². The van der Waals surface area contributed by atoms with Crippen LogP contribution in [0.15, 0.2) is 24.3 Å². The molecule has 8 heteroatoms. The Labute approximate surface area is 114 Å². The maximum absolute atomic E-state index is 12.6. The summed E-state index contributed by atoms with van der Waals surface area (Å²) >= 11 is 0. The van der Waals surface area contributed by atoms with Gasteiger partial charge in [0.15, 0.2) is 0 Å². The molecule has 0 spiro atoms. The molecule has 0 saturated heterocycles. The molecule has 0 aliphatic carbocycles. The highest BCUT2D eigenvalue weighted by atomic mass is 31.2. The molecule has 0 aromatic heterocycles. The van der Waals surface area contributed by atoms with Crippen molar-refractivity contribution in [2.75, 3.05) is 13.2 Å². The van der Waals surface area contributed by atoms with E-state index in [0.717, 1.165) is 18.2 Å². The van der Waals surface area contributed by atoms with Crippen molar-refractivity contribution in [1.29, 1.82) is 0 Å². The van der Waals surface area contributed by atoms with Gasteiger partial charge in [-0.05, 0) is 26.0 Å². The first-order valence-electron chi connectivity index (χ1n) is 5.86. The summed E-state index contributed by atoms with van der Waals surface area (Å²) < 4.78 is 59.6. The van der Waals surface area contributed by atoms with Crippen molar-refractivity contribution in [2.45, 2.75) is 20.0 Å². The summed E-state index contributed by atoms with van der Waals surface area (Å²) in [4.78, 5) is 12.0. The van der Waals surface area contributed by atoms with Crippen molar-refractivity contribution in [3.63, 3.8) is 0 Å². The first-order chi connectivity index (χ1) is 9.24. The minimum atomic E-state index is -4.59. The maximum atomic E-state index is 12.6. The van der Waals surface area contributed by atoms with Crippen molar-refractivity contribution in [1.82, 2.24) is 0 Å². The average Bonchev–Trinajstić information content (AvgIpc) is 2.37. The van der Waals surface area contributed by atoms with Gasteiger partial charge in [-0.3, -0.25) is 9.36 Å². The standard InChI is InChI=1S/C12H14F3O4P/c1-3-18-20(17,19-4-2)11(16)9-6-5-7-10(8-9)12(13,14)15/h5-8H,3-4H2,1-2H3. The molecular formula is C12H14F3O4P. The van der Waals surface area contributed by atoms with Crippen molar-refractivity contribution >= 4 is 13.1 Å².